The maximum Gasteiger partial charge on any atom is 0.0826 e. The van der Waals surface area contributed by atoms with Crippen molar-refractivity contribution in [2.24, 2.45) is 5.92 Å². The molecule has 2 rings (SSSR count). The molecule has 19 heavy (non-hydrogen) atoms. The van der Waals surface area contributed by atoms with Crippen molar-refractivity contribution >= 4 is 11.6 Å². The number of hydrogen-bond acceptors (Lipinski definition) is 3. The fourth-order valence-electron chi connectivity index (χ4n) is 3.19. The summed E-state index contributed by atoms with van der Waals surface area (Å²) in [6.07, 6.45) is 5.34. The van der Waals surface area contributed by atoms with E-state index in [1.807, 2.05) is 0 Å². The number of ether oxygens (including phenoxy) is 1. The minimum absolute atomic E-state index is 0.159. The third-order valence-electron chi connectivity index (χ3n) is 4.86. The Morgan fingerprint density at radius 2 is 2.11 bits per heavy atom. The summed E-state index contributed by atoms with van der Waals surface area (Å²) in [5, 5.41) is 3.74. The summed E-state index contributed by atoms with van der Waals surface area (Å²) in [5.74, 6) is 1.59. The van der Waals surface area contributed by atoms with E-state index < -0.39 is 0 Å². The van der Waals surface area contributed by atoms with Crippen LogP contribution in [0.5, 0.6) is 0 Å². The van der Waals surface area contributed by atoms with Crippen LogP contribution in [-0.2, 0) is 4.74 Å². The van der Waals surface area contributed by atoms with E-state index in [1.165, 1.54) is 25.7 Å². The average molecular weight is 289 g/mol. The number of likely N-dealkylation sites (N-methyl/N-ethyl adjacent to an activating group) is 1. The van der Waals surface area contributed by atoms with Gasteiger partial charge in [-0.15, -0.1) is 11.6 Å². The van der Waals surface area contributed by atoms with E-state index in [-0.39, 0.29) is 5.54 Å². The van der Waals surface area contributed by atoms with E-state index in [0.717, 1.165) is 44.6 Å². The number of hydrogen-bond donors (Lipinski definition) is 1. The Bertz CT molecular complexity index is 267. The topological polar surface area (TPSA) is 24.5 Å². The predicted octanol–water partition coefficient (Wildman–Crippen LogP) is 2.48. The lowest BCUT2D eigenvalue weighted by atomic mass is 9.78. The smallest absolute Gasteiger partial charge is 0.0826 e. The lowest BCUT2D eigenvalue weighted by Crippen LogP contribution is -2.55. The van der Waals surface area contributed by atoms with Gasteiger partial charge in [0.1, 0.15) is 0 Å². The van der Waals surface area contributed by atoms with E-state index in [4.69, 9.17) is 16.3 Å². The van der Waals surface area contributed by atoms with Crippen LogP contribution in [0.1, 0.15) is 39.5 Å². The molecule has 1 aliphatic carbocycles. The normalized spacial score (nSPS) is 37.4. The van der Waals surface area contributed by atoms with Crippen LogP contribution in [0, 0.1) is 5.92 Å². The fourth-order valence-corrected chi connectivity index (χ4v) is 3.56. The zero-order valence-corrected chi connectivity index (χ0v) is 13.2. The molecule has 0 spiro atoms. The second kappa shape index (κ2) is 7.26. The third kappa shape index (κ3) is 4.32. The first-order valence-electron chi connectivity index (χ1n) is 7.82. The quantitative estimate of drug-likeness (QED) is 0.787. The van der Waals surface area contributed by atoms with Crippen LogP contribution >= 0.6 is 11.6 Å². The van der Waals surface area contributed by atoms with Gasteiger partial charge >= 0.3 is 0 Å². The van der Waals surface area contributed by atoms with E-state index >= 15 is 0 Å². The van der Waals surface area contributed by atoms with Crippen molar-refractivity contribution in [1.82, 2.24) is 10.2 Å². The molecule has 0 radical (unpaired) electrons. The summed E-state index contributed by atoms with van der Waals surface area (Å²) in [6, 6.07) is 0. The largest absolute Gasteiger partial charge is 0.374 e. The summed E-state index contributed by atoms with van der Waals surface area (Å²) in [7, 11) is 0. The molecule has 3 nitrogen and oxygen atoms in total. The highest BCUT2D eigenvalue weighted by molar-refractivity contribution is 6.18. The first kappa shape index (κ1) is 15.6. The molecule has 1 saturated heterocycles. The van der Waals surface area contributed by atoms with Crippen LogP contribution in [0.3, 0.4) is 0 Å². The molecule has 112 valence electrons. The fraction of sp³-hybridized carbons (Fsp3) is 1.00. The van der Waals surface area contributed by atoms with Crippen LogP contribution in [0.4, 0.5) is 0 Å². The Labute approximate surface area is 123 Å². The van der Waals surface area contributed by atoms with Gasteiger partial charge in [-0.1, -0.05) is 13.8 Å². The highest BCUT2D eigenvalue weighted by Crippen LogP contribution is 2.32. The van der Waals surface area contributed by atoms with Gasteiger partial charge in [0, 0.05) is 31.1 Å². The van der Waals surface area contributed by atoms with Gasteiger partial charge in [0.25, 0.3) is 0 Å². The molecule has 0 amide bonds. The molecule has 0 aromatic heterocycles. The number of nitrogens with zero attached hydrogens (tertiary/aromatic N) is 1. The molecule has 0 aromatic carbocycles. The minimum atomic E-state index is 0.159. The summed E-state index contributed by atoms with van der Waals surface area (Å²) in [5.41, 5.74) is 0.159. The molecular formula is C15H29ClN2O. The van der Waals surface area contributed by atoms with Crippen molar-refractivity contribution in [1.29, 1.82) is 0 Å². The van der Waals surface area contributed by atoms with Gasteiger partial charge in [-0.2, -0.15) is 0 Å². The lowest BCUT2D eigenvalue weighted by molar-refractivity contribution is -0.0294. The second-order valence-electron chi connectivity index (χ2n) is 6.36. The molecule has 2 fully saturated rings. The maximum atomic E-state index is 6.24. The molecule has 2 aliphatic rings. The highest BCUT2D eigenvalue weighted by Gasteiger charge is 2.34. The van der Waals surface area contributed by atoms with Crippen LogP contribution in [-0.4, -0.2) is 55.2 Å². The van der Waals surface area contributed by atoms with Gasteiger partial charge in [0.2, 0.25) is 0 Å². The molecule has 0 aromatic rings. The predicted molar refractivity (Wildman–Crippen MR) is 80.9 cm³/mol. The number of rotatable bonds is 5. The van der Waals surface area contributed by atoms with Gasteiger partial charge in [-0.3, -0.25) is 4.90 Å². The van der Waals surface area contributed by atoms with Crippen LogP contribution in [0.15, 0.2) is 0 Å². The number of morpholine rings is 1. The molecule has 1 heterocycles. The summed E-state index contributed by atoms with van der Waals surface area (Å²) < 4.78 is 5.86. The minimum Gasteiger partial charge on any atom is -0.374 e. The van der Waals surface area contributed by atoms with E-state index in [9.17, 15) is 0 Å². The van der Waals surface area contributed by atoms with Crippen molar-refractivity contribution in [3.05, 3.63) is 0 Å². The first-order valence-corrected chi connectivity index (χ1v) is 8.36. The second-order valence-corrected chi connectivity index (χ2v) is 6.63. The van der Waals surface area contributed by atoms with Crippen molar-refractivity contribution in [2.45, 2.75) is 51.2 Å². The maximum absolute atomic E-state index is 6.24. The number of halogens is 1. The van der Waals surface area contributed by atoms with Crippen molar-refractivity contribution in [3.63, 3.8) is 0 Å². The average Bonchev–Trinajstić information content (AvgIpc) is 2.47. The number of nitrogens with one attached hydrogen (secondary N) is 1. The highest BCUT2D eigenvalue weighted by atomic mass is 35.5. The van der Waals surface area contributed by atoms with Crippen LogP contribution in [0.25, 0.3) is 0 Å². The monoisotopic (exact) mass is 288 g/mol. The molecule has 1 atom stereocenters. The Balaban J connectivity index is 1.79. The van der Waals surface area contributed by atoms with Gasteiger partial charge in [-0.05, 0) is 38.1 Å². The SMILES string of the molecule is CCN1CCOC(CNC2(CCl)CCC(C)CC2)C1. The first-order chi connectivity index (χ1) is 9.17. The third-order valence-corrected chi connectivity index (χ3v) is 5.37. The Morgan fingerprint density at radius 3 is 2.74 bits per heavy atom. The Morgan fingerprint density at radius 1 is 1.37 bits per heavy atom. The van der Waals surface area contributed by atoms with Gasteiger partial charge in [-0.25, -0.2) is 0 Å². The summed E-state index contributed by atoms with van der Waals surface area (Å²) in [6.45, 7) is 9.63. The van der Waals surface area contributed by atoms with E-state index in [2.05, 4.69) is 24.1 Å². The number of alkyl halides is 1. The molecule has 0 bridgehead atoms. The zero-order valence-electron chi connectivity index (χ0n) is 12.5. The van der Waals surface area contributed by atoms with Gasteiger partial charge in [0.15, 0.2) is 0 Å². The molecule has 4 heteroatoms. The molecule has 1 unspecified atom stereocenters. The van der Waals surface area contributed by atoms with Gasteiger partial charge < -0.3 is 10.1 Å². The molecule has 1 saturated carbocycles. The van der Waals surface area contributed by atoms with Crippen LogP contribution in [0.2, 0.25) is 0 Å². The van der Waals surface area contributed by atoms with Crippen molar-refractivity contribution in [2.75, 3.05) is 38.7 Å². The van der Waals surface area contributed by atoms with E-state index in [1.54, 1.807) is 0 Å². The Kier molecular flexibility index (Phi) is 5.94. The summed E-state index contributed by atoms with van der Waals surface area (Å²) in [4.78, 5) is 2.46. The Hall–Kier alpha value is 0.170. The molecule has 1 N–H and O–H groups in total. The standard InChI is InChI=1S/C15H29ClN2O/c1-3-18-8-9-19-14(11-18)10-17-15(12-16)6-4-13(2)5-7-15/h13-14,17H,3-12H2,1-2H3. The van der Waals surface area contributed by atoms with Crippen LogP contribution < -0.4 is 5.32 Å². The zero-order chi connectivity index (χ0) is 13.7. The van der Waals surface area contributed by atoms with Gasteiger partial charge in [0.05, 0.1) is 12.7 Å². The van der Waals surface area contributed by atoms with Crippen molar-refractivity contribution < 1.29 is 4.74 Å². The molecular weight excluding hydrogens is 260 g/mol. The lowest BCUT2D eigenvalue weighted by Gasteiger charge is -2.41. The van der Waals surface area contributed by atoms with E-state index in [0.29, 0.717) is 6.10 Å². The summed E-state index contributed by atoms with van der Waals surface area (Å²) >= 11 is 6.24. The van der Waals surface area contributed by atoms with Crippen molar-refractivity contribution in [3.8, 4) is 0 Å². The molecule has 1 aliphatic heterocycles.